The smallest absolute Gasteiger partial charge is 0.335 e. The Bertz CT molecular complexity index is 1270. The molecule has 0 unspecified atom stereocenters. The van der Waals surface area contributed by atoms with E-state index in [0.29, 0.717) is 18.2 Å². The van der Waals surface area contributed by atoms with E-state index in [9.17, 15) is 9.59 Å². The summed E-state index contributed by atoms with van der Waals surface area (Å²) < 4.78 is 0. The normalized spacial score (nSPS) is 10.8. The summed E-state index contributed by atoms with van der Waals surface area (Å²) in [4.78, 5) is 35.8. The van der Waals surface area contributed by atoms with Crippen LogP contribution in [-0.2, 0) is 6.54 Å². The second kappa shape index (κ2) is 10.3. The molecule has 7 nitrogen and oxygen atoms in total. The van der Waals surface area contributed by atoms with Crippen LogP contribution in [0.1, 0.15) is 40.6 Å². The van der Waals surface area contributed by atoms with Crippen LogP contribution in [0.25, 0.3) is 11.3 Å². The summed E-state index contributed by atoms with van der Waals surface area (Å²) in [6.45, 7) is 4.59. The molecule has 172 valence electrons. The number of rotatable bonds is 7. The van der Waals surface area contributed by atoms with Crippen molar-refractivity contribution in [1.82, 2.24) is 9.97 Å². The number of nitrogens with zero attached hydrogens (tertiary/aromatic N) is 3. The van der Waals surface area contributed by atoms with Crippen LogP contribution in [0.5, 0.6) is 0 Å². The van der Waals surface area contributed by atoms with Crippen LogP contribution < -0.4 is 10.2 Å². The number of urea groups is 1. The zero-order valence-electron chi connectivity index (χ0n) is 18.8. The van der Waals surface area contributed by atoms with Crippen molar-refractivity contribution in [2.24, 2.45) is 0 Å². The lowest BCUT2D eigenvalue weighted by Crippen LogP contribution is -2.35. The summed E-state index contributed by atoms with van der Waals surface area (Å²) in [6, 6.07) is 19.5. The Labute approximate surface area is 201 Å². The highest BCUT2D eigenvalue weighted by molar-refractivity contribution is 7.09. The predicted molar refractivity (Wildman–Crippen MR) is 134 cm³/mol. The van der Waals surface area contributed by atoms with Crippen LogP contribution in [-0.4, -0.2) is 27.1 Å². The Kier molecular flexibility index (Phi) is 6.98. The molecule has 0 bridgehead atoms. The molecule has 2 aromatic heterocycles. The number of amides is 2. The summed E-state index contributed by atoms with van der Waals surface area (Å²) in [7, 11) is 0. The molecule has 0 saturated heterocycles. The van der Waals surface area contributed by atoms with Gasteiger partial charge in [-0.15, -0.1) is 11.3 Å². The van der Waals surface area contributed by atoms with Gasteiger partial charge in [0.25, 0.3) is 0 Å². The lowest BCUT2D eigenvalue weighted by Gasteiger charge is -2.21. The highest BCUT2D eigenvalue weighted by Gasteiger charge is 2.20. The van der Waals surface area contributed by atoms with E-state index in [1.807, 2.05) is 35.7 Å². The third kappa shape index (κ3) is 5.47. The molecule has 0 radical (unpaired) electrons. The molecular formula is C26H24N4O3S. The third-order valence-corrected chi connectivity index (χ3v) is 6.14. The Morgan fingerprint density at radius 3 is 2.38 bits per heavy atom. The maximum absolute atomic E-state index is 13.2. The SMILES string of the molecule is CC(C)c1ccc(-c2ccnc(N(Cc3cccs3)C(=O)Nc3ccc(C(=O)O)cc3)n2)cc1. The first-order valence-electron chi connectivity index (χ1n) is 10.8. The average molecular weight is 473 g/mol. The van der Waals surface area contributed by atoms with E-state index in [0.717, 1.165) is 16.1 Å². The molecule has 0 saturated carbocycles. The Morgan fingerprint density at radius 1 is 1.03 bits per heavy atom. The van der Waals surface area contributed by atoms with Crippen LogP contribution in [0.15, 0.2) is 78.3 Å². The van der Waals surface area contributed by atoms with Crippen molar-refractivity contribution < 1.29 is 14.7 Å². The molecule has 0 aliphatic carbocycles. The van der Waals surface area contributed by atoms with Crippen LogP contribution in [0.3, 0.4) is 0 Å². The topological polar surface area (TPSA) is 95.4 Å². The number of anilines is 2. The zero-order valence-corrected chi connectivity index (χ0v) is 19.6. The van der Waals surface area contributed by atoms with Crippen molar-refractivity contribution in [2.45, 2.75) is 26.3 Å². The van der Waals surface area contributed by atoms with Gasteiger partial charge in [0.15, 0.2) is 0 Å². The Morgan fingerprint density at radius 2 is 1.76 bits per heavy atom. The first-order chi connectivity index (χ1) is 16.4. The molecule has 34 heavy (non-hydrogen) atoms. The van der Waals surface area contributed by atoms with E-state index in [-0.39, 0.29) is 11.5 Å². The summed E-state index contributed by atoms with van der Waals surface area (Å²) >= 11 is 1.54. The minimum Gasteiger partial charge on any atom is -0.478 e. The largest absolute Gasteiger partial charge is 0.478 e. The molecule has 0 atom stereocenters. The maximum Gasteiger partial charge on any atom is 0.335 e. The maximum atomic E-state index is 13.2. The van der Waals surface area contributed by atoms with E-state index < -0.39 is 12.0 Å². The molecule has 8 heteroatoms. The number of hydrogen-bond donors (Lipinski definition) is 2. The van der Waals surface area contributed by atoms with Gasteiger partial charge in [0, 0.05) is 22.3 Å². The van der Waals surface area contributed by atoms with E-state index >= 15 is 0 Å². The molecule has 0 spiro atoms. The number of benzene rings is 2. The Balaban J connectivity index is 1.62. The van der Waals surface area contributed by atoms with Crippen LogP contribution in [0.4, 0.5) is 16.4 Å². The van der Waals surface area contributed by atoms with E-state index in [2.05, 4.69) is 41.3 Å². The lowest BCUT2D eigenvalue weighted by molar-refractivity contribution is 0.0697. The van der Waals surface area contributed by atoms with Crippen molar-refractivity contribution >= 4 is 35.0 Å². The fourth-order valence-electron chi connectivity index (χ4n) is 3.36. The van der Waals surface area contributed by atoms with Gasteiger partial charge in [0.05, 0.1) is 17.8 Å². The number of carboxylic acid groups (broad SMARTS) is 1. The number of nitrogens with one attached hydrogen (secondary N) is 1. The van der Waals surface area contributed by atoms with Gasteiger partial charge >= 0.3 is 12.0 Å². The molecule has 2 aromatic carbocycles. The van der Waals surface area contributed by atoms with Gasteiger partial charge in [-0.3, -0.25) is 4.90 Å². The predicted octanol–water partition coefficient (Wildman–Crippen LogP) is 6.27. The molecule has 0 aliphatic heterocycles. The summed E-state index contributed by atoms with van der Waals surface area (Å²) in [5, 5.41) is 13.9. The standard InChI is InChI=1S/C26H24N4O3S/c1-17(2)18-5-7-19(8-6-18)23-13-14-27-25(29-23)30(16-22-4-3-15-34-22)26(33)28-21-11-9-20(10-12-21)24(31)32/h3-15,17H,16H2,1-2H3,(H,28,33)(H,31,32). The fourth-order valence-corrected chi connectivity index (χ4v) is 4.05. The number of thiophene rings is 1. The number of aromatic carboxylic acids is 1. The molecule has 4 aromatic rings. The van der Waals surface area contributed by atoms with Crippen molar-refractivity contribution in [2.75, 3.05) is 10.2 Å². The van der Waals surface area contributed by atoms with Gasteiger partial charge in [0.1, 0.15) is 0 Å². The molecule has 0 fully saturated rings. The number of carbonyl (C=O) groups is 2. The number of carboxylic acids is 1. The van der Waals surface area contributed by atoms with Gasteiger partial charge in [0.2, 0.25) is 5.95 Å². The van der Waals surface area contributed by atoms with Crippen molar-refractivity contribution in [3.05, 3.63) is 94.3 Å². The second-order valence-electron chi connectivity index (χ2n) is 8.00. The van der Waals surface area contributed by atoms with Crippen molar-refractivity contribution in [3.63, 3.8) is 0 Å². The highest BCUT2D eigenvalue weighted by Crippen LogP contribution is 2.24. The van der Waals surface area contributed by atoms with Gasteiger partial charge in [-0.25, -0.2) is 19.6 Å². The summed E-state index contributed by atoms with van der Waals surface area (Å²) in [5.41, 5.74) is 3.52. The number of aromatic nitrogens is 2. The molecule has 4 rings (SSSR count). The van der Waals surface area contributed by atoms with Crippen molar-refractivity contribution in [3.8, 4) is 11.3 Å². The fraction of sp³-hybridized carbons (Fsp3) is 0.154. The molecule has 2 heterocycles. The lowest BCUT2D eigenvalue weighted by atomic mass is 10.0. The zero-order chi connectivity index (χ0) is 24.1. The van der Waals surface area contributed by atoms with E-state index in [1.54, 1.807) is 18.3 Å². The number of hydrogen-bond acceptors (Lipinski definition) is 5. The monoisotopic (exact) mass is 472 g/mol. The summed E-state index contributed by atoms with van der Waals surface area (Å²) in [6.07, 6.45) is 1.64. The van der Waals surface area contributed by atoms with Crippen LogP contribution in [0.2, 0.25) is 0 Å². The number of carbonyl (C=O) groups excluding carboxylic acids is 1. The first-order valence-corrected chi connectivity index (χ1v) is 11.7. The van der Waals surface area contributed by atoms with Gasteiger partial charge in [-0.1, -0.05) is 44.2 Å². The van der Waals surface area contributed by atoms with Gasteiger partial charge in [-0.05, 0) is 53.3 Å². The quantitative estimate of drug-likeness (QED) is 0.331. The minimum atomic E-state index is -1.02. The van der Waals surface area contributed by atoms with Crippen molar-refractivity contribution in [1.29, 1.82) is 0 Å². The summed E-state index contributed by atoms with van der Waals surface area (Å²) in [5.74, 6) is -0.313. The van der Waals surface area contributed by atoms with E-state index in [1.165, 1.54) is 33.9 Å². The van der Waals surface area contributed by atoms with Crippen LogP contribution >= 0.6 is 11.3 Å². The molecule has 0 aliphatic rings. The third-order valence-electron chi connectivity index (χ3n) is 5.28. The second-order valence-corrected chi connectivity index (χ2v) is 9.03. The average Bonchev–Trinajstić information content (AvgIpc) is 3.36. The first kappa shape index (κ1) is 23.1. The van der Waals surface area contributed by atoms with Gasteiger partial charge in [-0.2, -0.15) is 0 Å². The highest BCUT2D eigenvalue weighted by atomic mass is 32.1. The minimum absolute atomic E-state index is 0.146. The Hall–Kier alpha value is -4.04. The molecule has 2 N–H and O–H groups in total. The van der Waals surface area contributed by atoms with Crippen LogP contribution in [0, 0.1) is 0 Å². The van der Waals surface area contributed by atoms with Gasteiger partial charge < -0.3 is 10.4 Å². The molecular weight excluding hydrogens is 448 g/mol. The molecule has 2 amide bonds. The van der Waals surface area contributed by atoms with E-state index in [4.69, 9.17) is 5.11 Å².